The highest BCUT2D eigenvalue weighted by atomic mass is 32.2. The van der Waals surface area contributed by atoms with Crippen LogP contribution in [-0.4, -0.2) is 9.97 Å². The summed E-state index contributed by atoms with van der Waals surface area (Å²) in [7, 11) is 0. The molecular weight excluding hydrogens is 238 g/mol. The first-order chi connectivity index (χ1) is 7.81. The normalized spacial score (nSPS) is 11.0. The molecule has 0 saturated carbocycles. The van der Waals surface area contributed by atoms with Gasteiger partial charge in [0.05, 0.1) is 11.2 Å². The second-order valence-corrected chi connectivity index (χ2v) is 5.70. The Morgan fingerprint density at radius 2 is 2.19 bits per heavy atom. The molecule has 2 heterocycles. The highest BCUT2D eigenvalue weighted by Crippen LogP contribution is 2.33. The number of nitrogens with one attached hydrogen (secondary N) is 1. The molecular formula is C11H9N3S2. The van der Waals surface area contributed by atoms with Gasteiger partial charge in [-0.1, -0.05) is 29.5 Å². The van der Waals surface area contributed by atoms with Gasteiger partial charge in [0.15, 0.2) is 4.34 Å². The highest BCUT2D eigenvalue weighted by Gasteiger charge is 2.05. The summed E-state index contributed by atoms with van der Waals surface area (Å²) in [5.41, 5.74) is 6.79. The second-order valence-electron chi connectivity index (χ2n) is 3.35. The Kier molecular flexibility index (Phi) is 2.34. The van der Waals surface area contributed by atoms with Gasteiger partial charge in [0.1, 0.15) is 5.00 Å². The first kappa shape index (κ1) is 9.74. The van der Waals surface area contributed by atoms with E-state index in [1.165, 1.54) is 16.7 Å². The lowest BCUT2D eigenvalue weighted by molar-refractivity contribution is 1.20. The molecule has 3 aromatic rings. The minimum atomic E-state index is 0.749. The van der Waals surface area contributed by atoms with Crippen molar-refractivity contribution in [2.24, 2.45) is 0 Å². The molecule has 0 bridgehead atoms. The summed E-state index contributed by atoms with van der Waals surface area (Å²) in [6.07, 6.45) is 1.69. The van der Waals surface area contributed by atoms with Crippen LogP contribution in [0.5, 0.6) is 0 Å². The molecule has 0 aliphatic carbocycles. The molecule has 0 aliphatic rings. The molecule has 80 valence electrons. The summed E-state index contributed by atoms with van der Waals surface area (Å²) in [4.78, 5) is 7.56. The number of anilines is 1. The molecule has 0 aliphatic heterocycles. The summed E-state index contributed by atoms with van der Waals surface area (Å²) >= 11 is 3.11. The van der Waals surface area contributed by atoms with Gasteiger partial charge in [-0.2, -0.15) is 0 Å². The third-order valence-corrected chi connectivity index (χ3v) is 4.05. The summed E-state index contributed by atoms with van der Waals surface area (Å²) in [5, 5.41) is 3.06. The van der Waals surface area contributed by atoms with Crippen LogP contribution in [0, 0.1) is 0 Å². The number of aromatic nitrogens is 2. The number of para-hydroxylation sites is 1. The Morgan fingerprint density at radius 1 is 1.31 bits per heavy atom. The molecule has 0 saturated heterocycles. The lowest BCUT2D eigenvalue weighted by Gasteiger charge is -1.90. The minimum absolute atomic E-state index is 0.749. The smallest absolute Gasteiger partial charge is 0.157 e. The van der Waals surface area contributed by atoms with Crippen LogP contribution < -0.4 is 5.73 Å². The molecule has 0 atom stereocenters. The van der Waals surface area contributed by atoms with Crippen LogP contribution >= 0.6 is 23.1 Å². The molecule has 3 nitrogen and oxygen atoms in total. The maximum Gasteiger partial charge on any atom is 0.157 e. The molecule has 0 unspecified atom stereocenters. The molecule has 5 heteroatoms. The van der Waals surface area contributed by atoms with E-state index in [4.69, 9.17) is 5.73 Å². The number of benzene rings is 1. The monoisotopic (exact) mass is 247 g/mol. The predicted molar refractivity (Wildman–Crippen MR) is 68.9 cm³/mol. The molecule has 0 radical (unpaired) electrons. The van der Waals surface area contributed by atoms with Crippen molar-refractivity contribution in [3.8, 4) is 0 Å². The van der Waals surface area contributed by atoms with Gasteiger partial charge in [0, 0.05) is 10.9 Å². The average Bonchev–Trinajstić information content (AvgIpc) is 2.84. The first-order valence-electron chi connectivity index (χ1n) is 4.78. The third kappa shape index (κ3) is 1.79. The molecule has 16 heavy (non-hydrogen) atoms. The Bertz CT molecular complexity index is 594. The van der Waals surface area contributed by atoms with Gasteiger partial charge < -0.3 is 10.7 Å². The fourth-order valence-corrected chi connectivity index (χ4v) is 3.29. The molecule has 2 aromatic heterocycles. The Balaban J connectivity index is 1.95. The van der Waals surface area contributed by atoms with E-state index in [-0.39, 0.29) is 0 Å². The van der Waals surface area contributed by atoms with E-state index < -0.39 is 0 Å². The van der Waals surface area contributed by atoms with Crippen molar-refractivity contribution in [3.05, 3.63) is 36.5 Å². The zero-order valence-electron chi connectivity index (χ0n) is 8.31. The number of hydrogen-bond acceptors (Lipinski definition) is 4. The summed E-state index contributed by atoms with van der Waals surface area (Å²) in [6.45, 7) is 0. The maximum absolute atomic E-state index is 5.64. The van der Waals surface area contributed by atoms with Crippen LogP contribution in [0.1, 0.15) is 0 Å². The zero-order valence-corrected chi connectivity index (χ0v) is 9.94. The van der Waals surface area contributed by atoms with Gasteiger partial charge in [-0.25, -0.2) is 4.98 Å². The van der Waals surface area contributed by atoms with Crippen molar-refractivity contribution < 1.29 is 0 Å². The van der Waals surface area contributed by atoms with Gasteiger partial charge >= 0.3 is 0 Å². The number of thiazole rings is 1. The number of nitrogens with zero attached hydrogens (tertiary/aromatic N) is 1. The van der Waals surface area contributed by atoms with Crippen molar-refractivity contribution >= 4 is 39.0 Å². The molecule has 0 spiro atoms. The van der Waals surface area contributed by atoms with Crippen molar-refractivity contribution in [1.29, 1.82) is 0 Å². The van der Waals surface area contributed by atoms with Crippen molar-refractivity contribution in [2.45, 2.75) is 9.37 Å². The number of hydrogen-bond donors (Lipinski definition) is 2. The molecule has 3 N–H and O–H groups in total. The molecule has 1 aromatic carbocycles. The average molecular weight is 247 g/mol. The Labute approximate surface area is 101 Å². The topological polar surface area (TPSA) is 54.7 Å². The SMILES string of the molecule is Nc1cnc(Sc2cc3ccccc3[nH]2)s1. The predicted octanol–water partition coefficient (Wildman–Crippen LogP) is 3.36. The summed E-state index contributed by atoms with van der Waals surface area (Å²) in [5.74, 6) is 0. The maximum atomic E-state index is 5.64. The number of nitrogen functional groups attached to an aromatic ring is 1. The minimum Gasteiger partial charge on any atom is -0.389 e. The first-order valence-corrected chi connectivity index (χ1v) is 6.41. The number of nitrogens with two attached hydrogens (primary N) is 1. The van der Waals surface area contributed by atoms with Gasteiger partial charge in [0.2, 0.25) is 0 Å². The Hall–Kier alpha value is -1.46. The van der Waals surface area contributed by atoms with Crippen LogP contribution in [0.2, 0.25) is 0 Å². The van der Waals surface area contributed by atoms with E-state index in [9.17, 15) is 0 Å². The molecule has 0 fully saturated rings. The van der Waals surface area contributed by atoms with Gasteiger partial charge in [0.25, 0.3) is 0 Å². The third-order valence-electron chi connectivity index (χ3n) is 2.20. The Morgan fingerprint density at radius 3 is 2.94 bits per heavy atom. The molecule has 3 rings (SSSR count). The fourth-order valence-electron chi connectivity index (χ4n) is 1.51. The van der Waals surface area contributed by atoms with E-state index >= 15 is 0 Å². The second kappa shape index (κ2) is 3.84. The summed E-state index contributed by atoms with van der Waals surface area (Å²) < 4.78 is 0.962. The van der Waals surface area contributed by atoms with Crippen molar-refractivity contribution in [1.82, 2.24) is 9.97 Å². The van der Waals surface area contributed by atoms with Crippen molar-refractivity contribution in [3.63, 3.8) is 0 Å². The number of aromatic amines is 1. The number of rotatable bonds is 2. The highest BCUT2D eigenvalue weighted by molar-refractivity contribution is 8.01. The summed E-state index contributed by atoms with van der Waals surface area (Å²) in [6, 6.07) is 10.3. The van der Waals surface area contributed by atoms with Crippen LogP contribution in [-0.2, 0) is 0 Å². The van der Waals surface area contributed by atoms with Gasteiger partial charge in [-0.05, 0) is 23.9 Å². The van der Waals surface area contributed by atoms with E-state index in [1.807, 2.05) is 12.1 Å². The largest absolute Gasteiger partial charge is 0.389 e. The lowest BCUT2D eigenvalue weighted by atomic mass is 10.3. The van der Waals surface area contributed by atoms with E-state index in [0.29, 0.717) is 0 Å². The van der Waals surface area contributed by atoms with Gasteiger partial charge in [-0.3, -0.25) is 0 Å². The van der Waals surface area contributed by atoms with Crippen LogP contribution in [0.25, 0.3) is 10.9 Å². The van der Waals surface area contributed by atoms with E-state index in [0.717, 1.165) is 19.9 Å². The van der Waals surface area contributed by atoms with Crippen LogP contribution in [0.4, 0.5) is 5.00 Å². The van der Waals surface area contributed by atoms with Crippen LogP contribution in [0.3, 0.4) is 0 Å². The van der Waals surface area contributed by atoms with Crippen LogP contribution in [0.15, 0.2) is 45.9 Å². The van der Waals surface area contributed by atoms with E-state index in [2.05, 4.69) is 28.2 Å². The number of fused-ring (bicyclic) bond motifs is 1. The number of H-pyrrole nitrogens is 1. The molecule has 0 amide bonds. The zero-order chi connectivity index (χ0) is 11.0. The standard InChI is InChI=1S/C11H9N3S2/c12-9-6-13-11(15-9)16-10-5-7-3-1-2-4-8(7)14-10/h1-6,14H,12H2. The lowest BCUT2D eigenvalue weighted by Crippen LogP contribution is -1.73. The van der Waals surface area contributed by atoms with Crippen molar-refractivity contribution in [2.75, 3.05) is 5.73 Å². The fraction of sp³-hybridized carbons (Fsp3) is 0. The van der Waals surface area contributed by atoms with Gasteiger partial charge in [-0.15, -0.1) is 0 Å². The van der Waals surface area contributed by atoms with E-state index in [1.54, 1.807) is 18.0 Å². The quantitative estimate of drug-likeness (QED) is 0.730.